The number of aromatic nitrogens is 2. The van der Waals surface area contributed by atoms with Crippen LogP contribution in [0.1, 0.15) is 37.4 Å². The molecular weight excluding hydrogens is 318 g/mol. The largest absolute Gasteiger partial charge is 0.339 e. The Labute approximate surface area is 131 Å². The van der Waals surface area contributed by atoms with Crippen molar-refractivity contribution >= 4 is 22.6 Å². The molecule has 2 rings (SSSR count). The number of halogens is 1. The number of piperidine rings is 1. The Balaban J connectivity index is 0.00000220. The van der Waals surface area contributed by atoms with Gasteiger partial charge in [-0.2, -0.15) is 17.7 Å². The monoisotopic (exact) mass is 339 g/mol. The first-order valence-corrected chi connectivity index (χ1v) is 8.18. The Morgan fingerprint density at radius 2 is 2.10 bits per heavy atom. The summed E-state index contributed by atoms with van der Waals surface area (Å²) >= 11 is 0. The maximum Gasteiger partial charge on any atom is 0.276 e. The average molecular weight is 340 g/mol. The van der Waals surface area contributed by atoms with Gasteiger partial charge in [-0.3, -0.25) is 0 Å². The molecule has 122 valence electrons. The molecule has 1 aliphatic heterocycles. The van der Waals surface area contributed by atoms with E-state index in [9.17, 15) is 8.42 Å². The van der Waals surface area contributed by atoms with Gasteiger partial charge in [0.1, 0.15) is 0 Å². The van der Waals surface area contributed by atoms with Crippen molar-refractivity contribution in [2.45, 2.75) is 38.1 Å². The van der Waals surface area contributed by atoms with Crippen LogP contribution < -0.4 is 10.5 Å². The fourth-order valence-corrected chi connectivity index (χ4v) is 2.97. The lowest BCUT2D eigenvalue weighted by molar-refractivity contribution is 0.270. The molecule has 1 aromatic heterocycles. The minimum atomic E-state index is -3.59. The van der Waals surface area contributed by atoms with E-state index in [-0.39, 0.29) is 24.4 Å². The molecule has 1 unspecified atom stereocenters. The third kappa shape index (κ3) is 4.89. The lowest BCUT2D eigenvalue weighted by Gasteiger charge is -2.27. The van der Waals surface area contributed by atoms with Gasteiger partial charge in [0.2, 0.25) is 5.89 Å². The molecule has 1 atom stereocenters. The number of nitrogens with two attached hydrogens (primary N) is 1. The normalized spacial score (nSPS) is 19.2. The molecule has 0 saturated carbocycles. The van der Waals surface area contributed by atoms with Crippen molar-refractivity contribution < 1.29 is 12.9 Å². The highest BCUT2D eigenvalue weighted by molar-refractivity contribution is 7.86. The van der Waals surface area contributed by atoms with Crippen LogP contribution >= 0.6 is 12.4 Å². The molecule has 0 bridgehead atoms. The molecule has 1 fully saturated rings. The first-order chi connectivity index (χ1) is 9.40. The summed E-state index contributed by atoms with van der Waals surface area (Å²) in [7, 11) is -1.70. The summed E-state index contributed by atoms with van der Waals surface area (Å²) in [5, 5.41) is 12.2. The lowest BCUT2D eigenvalue weighted by Crippen LogP contribution is -2.41. The number of likely N-dealkylation sites (N-methyl/N-ethyl adjacent to an activating group) is 1. The second-order valence-corrected chi connectivity index (χ2v) is 6.71. The van der Waals surface area contributed by atoms with Crippen molar-refractivity contribution in [3.05, 3.63) is 11.7 Å². The molecular formula is C11H22ClN5O3S. The highest BCUT2D eigenvalue weighted by atomic mass is 35.5. The smallest absolute Gasteiger partial charge is 0.276 e. The van der Waals surface area contributed by atoms with Crippen molar-refractivity contribution in [1.82, 2.24) is 19.8 Å². The van der Waals surface area contributed by atoms with E-state index in [1.165, 1.54) is 4.31 Å². The van der Waals surface area contributed by atoms with Gasteiger partial charge >= 0.3 is 0 Å². The molecule has 3 N–H and O–H groups in total. The summed E-state index contributed by atoms with van der Waals surface area (Å²) in [4.78, 5) is 4.39. The standard InChI is InChI=1S/C11H21N5O3S.ClH/c1-8(13-2)7-10-14-11(19-15-10)9-3-5-16(6-4-9)20(12,17)18;/h8-9,13H,3-7H2,1-2H3,(H2,12,17,18);1H. The zero-order valence-corrected chi connectivity index (χ0v) is 13.8. The van der Waals surface area contributed by atoms with Gasteiger partial charge in [0.25, 0.3) is 10.2 Å². The summed E-state index contributed by atoms with van der Waals surface area (Å²) in [5.41, 5.74) is 0. The Kier molecular flexibility index (Phi) is 6.54. The van der Waals surface area contributed by atoms with Crippen molar-refractivity contribution in [2.24, 2.45) is 5.14 Å². The van der Waals surface area contributed by atoms with Gasteiger partial charge in [-0.25, -0.2) is 5.14 Å². The molecule has 21 heavy (non-hydrogen) atoms. The highest BCUT2D eigenvalue weighted by Crippen LogP contribution is 2.27. The molecule has 1 saturated heterocycles. The number of rotatable bonds is 5. The molecule has 0 spiro atoms. The van der Waals surface area contributed by atoms with E-state index < -0.39 is 10.2 Å². The van der Waals surface area contributed by atoms with E-state index in [2.05, 4.69) is 15.5 Å². The van der Waals surface area contributed by atoms with Crippen molar-refractivity contribution in [2.75, 3.05) is 20.1 Å². The molecule has 10 heteroatoms. The zero-order valence-electron chi connectivity index (χ0n) is 12.2. The summed E-state index contributed by atoms with van der Waals surface area (Å²) in [6, 6.07) is 0.282. The third-order valence-corrected chi connectivity index (χ3v) is 4.71. The van der Waals surface area contributed by atoms with Crippen LogP contribution in [0.5, 0.6) is 0 Å². The molecule has 0 radical (unpaired) electrons. The average Bonchev–Trinajstić information content (AvgIpc) is 2.86. The van der Waals surface area contributed by atoms with Crippen LogP contribution in [0.25, 0.3) is 0 Å². The quantitative estimate of drug-likeness (QED) is 0.781. The highest BCUT2D eigenvalue weighted by Gasteiger charge is 2.29. The molecule has 2 heterocycles. The summed E-state index contributed by atoms with van der Waals surface area (Å²) < 4.78 is 29.0. The summed E-state index contributed by atoms with van der Waals surface area (Å²) in [5.74, 6) is 1.38. The van der Waals surface area contributed by atoms with Gasteiger partial charge in [-0.1, -0.05) is 5.16 Å². The second-order valence-electron chi connectivity index (χ2n) is 5.16. The van der Waals surface area contributed by atoms with E-state index in [0.29, 0.717) is 44.1 Å². The molecule has 8 nitrogen and oxygen atoms in total. The van der Waals surface area contributed by atoms with Gasteiger partial charge in [0.15, 0.2) is 5.82 Å². The van der Waals surface area contributed by atoms with Gasteiger partial charge in [0, 0.05) is 31.5 Å². The van der Waals surface area contributed by atoms with Crippen molar-refractivity contribution in [1.29, 1.82) is 0 Å². The molecule has 1 aromatic rings. The predicted molar refractivity (Wildman–Crippen MR) is 80.4 cm³/mol. The topological polar surface area (TPSA) is 114 Å². The van der Waals surface area contributed by atoms with Gasteiger partial charge in [-0.15, -0.1) is 12.4 Å². The first kappa shape index (κ1) is 18.3. The minimum absolute atomic E-state index is 0. The van der Waals surface area contributed by atoms with E-state index in [0.717, 1.165) is 0 Å². The Hall–Kier alpha value is -0.740. The van der Waals surface area contributed by atoms with Crippen LogP contribution in [0, 0.1) is 0 Å². The zero-order chi connectivity index (χ0) is 14.8. The van der Waals surface area contributed by atoms with Gasteiger partial charge in [-0.05, 0) is 26.8 Å². The van der Waals surface area contributed by atoms with Crippen LogP contribution in [0.3, 0.4) is 0 Å². The van der Waals surface area contributed by atoms with Crippen molar-refractivity contribution in [3.63, 3.8) is 0 Å². The van der Waals surface area contributed by atoms with Crippen LogP contribution in [-0.4, -0.2) is 49.0 Å². The maximum absolute atomic E-state index is 11.2. The minimum Gasteiger partial charge on any atom is -0.339 e. The Morgan fingerprint density at radius 1 is 1.48 bits per heavy atom. The number of nitrogens with zero attached hydrogens (tertiary/aromatic N) is 3. The fraction of sp³-hybridized carbons (Fsp3) is 0.818. The van der Waals surface area contributed by atoms with Crippen LogP contribution in [-0.2, 0) is 16.6 Å². The van der Waals surface area contributed by atoms with Crippen LogP contribution in [0.4, 0.5) is 0 Å². The second kappa shape index (κ2) is 7.50. The van der Waals surface area contributed by atoms with E-state index in [4.69, 9.17) is 9.66 Å². The molecule has 1 aliphatic rings. The number of nitrogens with one attached hydrogen (secondary N) is 1. The summed E-state index contributed by atoms with van der Waals surface area (Å²) in [6.45, 7) is 2.84. The van der Waals surface area contributed by atoms with E-state index in [1.807, 2.05) is 14.0 Å². The van der Waals surface area contributed by atoms with E-state index >= 15 is 0 Å². The fourth-order valence-electron chi connectivity index (χ4n) is 2.25. The van der Waals surface area contributed by atoms with Gasteiger partial charge in [0.05, 0.1) is 0 Å². The maximum atomic E-state index is 11.2. The van der Waals surface area contributed by atoms with E-state index in [1.54, 1.807) is 0 Å². The van der Waals surface area contributed by atoms with Gasteiger partial charge < -0.3 is 9.84 Å². The lowest BCUT2D eigenvalue weighted by atomic mass is 9.98. The number of hydrogen-bond donors (Lipinski definition) is 2. The number of hydrogen-bond acceptors (Lipinski definition) is 6. The van der Waals surface area contributed by atoms with Crippen molar-refractivity contribution in [3.8, 4) is 0 Å². The third-order valence-electron chi connectivity index (χ3n) is 3.63. The molecule has 0 aromatic carbocycles. The Morgan fingerprint density at radius 3 is 2.62 bits per heavy atom. The molecule has 0 amide bonds. The first-order valence-electron chi connectivity index (χ1n) is 6.67. The SMILES string of the molecule is CNC(C)Cc1noc(C2CCN(S(N)(=O)=O)CC2)n1.Cl. The van der Waals surface area contributed by atoms with Crippen LogP contribution in [0.2, 0.25) is 0 Å². The Bertz CT molecular complexity index is 542. The van der Waals surface area contributed by atoms with Crippen LogP contribution in [0.15, 0.2) is 4.52 Å². The molecule has 0 aliphatic carbocycles. The summed E-state index contributed by atoms with van der Waals surface area (Å²) in [6.07, 6.45) is 2.01. The predicted octanol–water partition coefficient (Wildman–Crippen LogP) is 0.0247.